The molecular weight excluding hydrogens is 291 g/mol. The van der Waals surface area contributed by atoms with Crippen molar-refractivity contribution in [2.75, 3.05) is 5.32 Å². The second-order valence-electron chi connectivity index (χ2n) is 4.38. The molecule has 5 nitrogen and oxygen atoms in total. The molecule has 1 aromatic carbocycles. The highest BCUT2D eigenvalue weighted by Crippen LogP contribution is 2.32. The van der Waals surface area contributed by atoms with Crippen molar-refractivity contribution in [1.82, 2.24) is 5.32 Å². The minimum Gasteiger partial charge on any atom is -0.480 e. The van der Waals surface area contributed by atoms with Gasteiger partial charge in [-0.1, -0.05) is 23.2 Å². The van der Waals surface area contributed by atoms with Crippen molar-refractivity contribution >= 4 is 40.9 Å². The number of carboxylic acid groups (broad SMARTS) is 1. The Hall–Kier alpha value is -1.46. The monoisotopic (exact) mass is 302 g/mol. The van der Waals surface area contributed by atoms with Gasteiger partial charge in [-0.2, -0.15) is 0 Å². The van der Waals surface area contributed by atoms with Gasteiger partial charge in [0.05, 0.1) is 10.0 Å². The largest absolute Gasteiger partial charge is 0.480 e. The lowest BCUT2D eigenvalue weighted by molar-refractivity contribution is -0.139. The summed E-state index contributed by atoms with van der Waals surface area (Å²) in [5, 5.41) is 14.7. The molecule has 0 bridgehead atoms. The van der Waals surface area contributed by atoms with E-state index in [1.807, 2.05) is 0 Å². The highest BCUT2D eigenvalue weighted by molar-refractivity contribution is 6.42. The lowest BCUT2D eigenvalue weighted by atomic mass is 10.2. The molecule has 0 radical (unpaired) electrons. The van der Waals surface area contributed by atoms with Crippen LogP contribution < -0.4 is 10.6 Å². The Morgan fingerprint density at radius 2 is 1.95 bits per heavy atom. The van der Waals surface area contributed by atoms with Gasteiger partial charge in [-0.15, -0.1) is 0 Å². The van der Waals surface area contributed by atoms with E-state index < -0.39 is 18.0 Å². The molecule has 0 saturated heterocycles. The third-order valence-corrected chi connectivity index (χ3v) is 3.56. The van der Waals surface area contributed by atoms with Crippen molar-refractivity contribution in [2.24, 2.45) is 5.92 Å². The molecule has 0 heterocycles. The Kier molecular flexibility index (Phi) is 4.17. The average molecular weight is 303 g/mol. The van der Waals surface area contributed by atoms with Crippen LogP contribution in [-0.4, -0.2) is 23.1 Å². The van der Waals surface area contributed by atoms with Gasteiger partial charge in [0, 0.05) is 5.69 Å². The zero-order chi connectivity index (χ0) is 14.0. The first-order valence-electron chi connectivity index (χ1n) is 5.73. The number of halogens is 2. The topological polar surface area (TPSA) is 78.4 Å². The second-order valence-corrected chi connectivity index (χ2v) is 5.20. The summed E-state index contributed by atoms with van der Waals surface area (Å²) in [6, 6.07) is 3.21. The van der Waals surface area contributed by atoms with E-state index in [9.17, 15) is 9.59 Å². The van der Waals surface area contributed by atoms with Gasteiger partial charge >= 0.3 is 12.0 Å². The molecule has 0 aliphatic heterocycles. The van der Waals surface area contributed by atoms with Gasteiger partial charge in [0.1, 0.15) is 6.04 Å². The lowest BCUT2D eigenvalue weighted by Crippen LogP contribution is -2.44. The Bertz CT molecular complexity index is 518. The van der Waals surface area contributed by atoms with E-state index in [2.05, 4.69) is 10.6 Å². The van der Waals surface area contributed by atoms with E-state index in [1.54, 1.807) is 12.1 Å². The maximum Gasteiger partial charge on any atom is 0.326 e. The van der Waals surface area contributed by atoms with Gasteiger partial charge < -0.3 is 15.7 Å². The van der Waals surface area contributed by atoms with Crippen LogP contribution in [0.3, 0.4) is 0 Å². The minimum absolute atomic E-state index is 0.0251. The molecule has 1 saturated carbocycles. The fourth-order valence-electron chi connectivity index (χ4n) is 1.69. The van der Waals surface area contributed by atoms with Crippen LogP contribution in [0.5, 0.6) is 0 Å². The van der Waals surface area contributed by atoms with Gasteiger partial charge in [-0.25, -0.2) is 9.59 Å². The van der Waals surface area contributed by atoms with Crippen LogP contribution in [0.1, 0.15) is 12.8 Å². The number of carboxylic acids is 1. The van der Waals surface area contributed by atoms with Crippen LogP contribution >= 0.6 is 23.2 Å². The van der Waals surface area contributed by atoms with Crippen molar-refractivity contribution < 1.29 is 14.7 Å². The zero-order valence-corrected chi connectivity index (χ0v) is 11.3. The third-order valence-electron chi connectivity index (χ3n) is 2.82. The first kappa shape index (κ1) is 14.0. The summed E-state index contributed by atoms with van der Waals surface area (Å²) in [4.78, 5) is 22.7. The van der Waals surface area contributed by atoms with Gasteiger partial charge in [0.15, 0.2) is 0 Å². The summed E-state index contributed by atoms with van der Waals surface area (Å²) >= 11 is 11.6. The van der Waals surface area contributed by atoms with Crippen LogP contribution in [0.2, 0.25) is 10.0 Å². The molecule has 1 aliphatic carbocycles. The fourth-order valence-corrected chi connectivity index (χ4v) is 1.99. The van der Waals surface area contributed by atoms with Crippen molar-refractivity contribution in [2.45, 2.75) is 18.9 Å². The number of rotatable bonds is 4. The number of hydrogen-bond donors (Lipinski definition) is 3. The standard InChI is InChI=1S/C12H12Cl2N2O3/c13-8-4-3-7(5-9(8)14)15-12(19)16-10(11(17)18)6-1-2-6/h3-6,10H,1-2H2,(H,17,18)(H2,15,16,19). The molecule has 2 rings (SSSR count). The Morgan fingerprint density at radius 3 is 2.47 bits per heavy atom. The first-order chi connectivity index (χ1) is 8.97. The molecule has 1 atom stereocenters. The quantitative estimate of drug-likeness (QED) is 0.800. The summed E-state index contributed by atoms with van der Waals surface area (Å²) in [7, 11) is 0. The third kappa shape index (κ3) is 3.75. The summed E-state index contributed by atoms with van der Waals surface area (Å²) < 4.78 is 0. The molecule has 0 spiro atoms. The molecule has 2 amide bonds. The number of carbonyl (C=O) groups excluding carboxylic acids is 1. The first-order valence-corrected chi connectivity index (χ1v) is 6.48. The number of nitrogens with one attached hydrogen (secondary N) is 2. The summed E-state index contributed by atoms with van der Waals surface area (Å²) in [5.74, 6) is -0.996. The van der Waals surface area contributed by atoms with E-state index in [-0.39, 0.29) is 5.92 Å². The van der Waals surface area contributed by atoms with Crippen LogP contribution in [0.25, 0.3) is 0 Å². The highest BCUT2D eigenvalue weighted by atomic mass is 35.5. The van der Waals surface area contributed by atoms with Crippen LogP contribution in [0.15, 0.2) is 18.2 Å². The van der Waals surface area contributed by atoms with Gasteiger partial charge in [-0.3, -0.25) is 0 Å². The van der Waals surface area contributed by atoms with Crippen LogP contribution in [0, 0.1) is 5.92 Å². The lowest BCUT2D eigenvalue weighted by Gasteiger charge is -2.14. The average Bonchev–Trinajstić information content (AvgIpc) is 3.14. The Morgan fingerprint density at radius 1 is 1.26 bits per heavy atom. The van der Waals surface area contributed by atoms with E-state index in [1.165, 1.54) is 6.07 Å². The number of hydrogen-bond acceptors (Lipinski definition) is 2. The maximum absolute atomic E-state index is 11.7. The van der Waals surface area contributed by atoms with Gasteiger partial charge in [0.25, 0.3) is 0 Å². The van der Waals surface area contributed by atoms with E-state index in [4.69, 9.17) is 28.3 Å². The molecule has 3 N–H and O–H groups in total. The number of benzene rings is 1. The number of amides is 2. The summed E-state index contributed by atoms with van der Waals surface area (Å²) in [6.07, 6.45) is 1.65. The number of anilines is 1. The van der Waals surface area contributed by atoms with E-state index in [0.717, 1.165) is 12.8 Å². The fraction of sp³-hybridized carbons (Fsp3) is 0.333. The summed E-state index contributed by atoms with van der Waals surface area (Å²) in [6.45, 7) is 0. The molecule has 1 fully saturated rings. The van der Waals surface area contributed by atoms with E-state index in [0.29, 0.717) is 15.7 Å². The van der Waals surface area contributed by atoms with Crippen molar-refractivity contribution in [1.29, 1.82) is 0 Å². The van der Waals surface area contributed by atoms with Crippen LogP contribution in [-0.2, 0) is 4.79 Å². The SMILES string of the molecule is O=C(Nc1ccc(Cl)c(Cl)c1)NC(C(=O)O)C1CC1. The molecule has 1 aromatic rings. The molecule has 0 aromatic heterocycles. The van der Waals surface area contributed by atoms with Gasteiger partial charge in [0.2, 0.25) is 0 Å². The molecule has 1 unspecified atom stereocenters. The van der Waals surface area contributed by atoms with Crippen molar-refractivity contribution in [3.8, 4) is 0 Å². The zero-order valence-electron chi connectivity index (χ0n) is 9.82. The van der Waals surface area contributed by atoms with Gasteiger partial charge in [-0.05, 0) is 37.0 Å². The van der Waals surface area contributed by atoms with Crippen molar-refractivity contribution in [3.05, 3.63) is 28.2 Å². The molecule has 102 valence electrons. The van der Waals surface area contributed by atoms with Crippen molar-refractivity contribution in [3.63, 3.8) is 0 Å². The second kappa shape index (κ2) is 5.67. The summed E-state index contributed by atoms with van der Waals surface area (Å²) in [5.41, 5.74) is 0.451. The molecule has 1 aliphatic rings. The molecular formula is C12H12Cl2N2O3. The number of carbonyl (C=O) groups is 2. The van der Waals surface area contributed by atoms with Crippen LogP contribution in [0.4, 0.5) is 10.5 Å². The minimum atomic E-state index is -1.02. The Labute approximate surface area is 119 Å². The number of aliphatic carboxylic acids is 1. The maximum atomic E-state index is 11.7. The molecule has 7 heteroatoms. The van der Waals surface area contributed by atoms with E-state index >= 15 is 0 Å². The smallest absolute Gasteiger partial charge is 0.326 e. The normalized spacial score (nSPS) is 15.7. The number of urea groups is 1. The highest BCUT2D eigenvalue weighted by Gasteiger charge is 2.37. The predicted octanol–water partition coefficient (Wildman–Crippen LogP) is 2.98. The predicted molar refractivity (Wildman–Crippen MR) is 72.8 cm³/mol. The Balaban J connectivity index is 1.96. The molecule has 19 heavy (non-hydrogen) atoms.